The molecule has 13 heavy (non-hydrogen) atoms. The Morgan fingerprint density at radius 3 is 2.69 bits per heavy atom. The standard InChI is InChI=1S/C11H16OS/c1-8-4-5-10(9(2)7-13)11(6-8)12-3/h4-6,9,13H,7H2,1-3H3. The van der Waals surface area contributed by atoms with Crippen LogP contribution in [0.2, 0.25) is 0 Å². The molecule has 0 heterocycles. The summed E-state index contributed by atoms with van der Waals surface area (Å²) in [6, 6.07) is 6.29. The van der Waals surface area contributed by atoms with E-state index in [1.165, 1.54) is 11.1 Å². The van der Waals surface area contributed by atoms with Gasteiger partial charge in [-0.05, 0) is 35.8 Å². The highest BCUT2D eigenvalue weighted by Gasteiger charge is 2.09. The third-order valence-electron chi connectivity index (χ3n) is 2.19. The molecule has 2 heteroatoms. The van der Waals surface area contributed by atoms with Gasteiger partial charge in [0.05, 0.1) is 7.11 Å². The Hall–Kier alpha value is -0.630. The molecule has 0 fully saturated rings. The first-order chi connectivity index (χ1) is 6.19. The van der Waals surface area contributed by atoms with E-state index in [-0.39, 0.29) is 0 Å². The molecule has 0 amide bonds. The first kappa shape index (κ1) is 10.5. The van der Waals surface area contributed by atoms with Gasteiger partial charge in [-0.3, -0.25) is 0 Å². The molecule has 1 aromatic rings. The van der Waals surface area contributed by atoms with Crippen molar-refractivity contribution in [3.05, 3.63) is 29.3 Å². The average Bonchev–Trinajstić information content (AvgIpc) is 2.16. The number of hydrogen-bond donors (Lipinski definition) is 1. The van der Waals surface area contributed by atoms with Crippen LogP contribution in [0.3, 0.4) is 0 Å². The number of ether oxygens (including phenoxy) is 1. The predicted octanol–water partition coefficient (Wildman–Crippen LogP) is 3.04. The fourth-order valence-corrected chi connectivity index (χ4v) is 1.52. The SMILES string of the molecule is COc1cc(C)ccc1C(C)CS. The highest BCUT2D eigenvalue weighted by Crippen LogP contribution is 2.27. The summed E-state index contributed by atoms with van der Waals surface area (Å²) in [5.74, 6) is 2.26. The molecule has 0 aromatic heterocycles. The molecular formula is C11H16OS. The summed E-state index contributed by atoms with van der Waals surface area (Å²) in [5, 5.41) is 0. The first-order valence-electron chi connectivity index (χ1n) is 4.44. The van der Waals surface area contributed by atoms with Crippen molar-refractivity contribution in [2.24, 2.45) is 0 Å². The molecule has 1 atom stereocenters. The predicted molar refractivity (Wildman–Crippen MR) is 60.0 cm³/mol. The van der Waals surface area contributed by atoms with E-state index in [1.807, 2.05) is 0 Å². The fraction of sp³-hybridized carbons (Fsp3) is 0.455. The van der Waals surface area contributed by atoms with Gasteiger partial charge in [0.2, 0.25) is 0 Å². The van der Waals surface area contributed by atoms with Crippen molar-refractivity contribution in [1.82, 2.24) is 0 Å². The minimum Gasteiger partial charge on any atom is -0.496 e. The van der Waals surface area contributed by atoms with Crippen LogP contribution in [0.25, 0.3) is 0 Å². The monoisotopic (exact) mass is 196 g/mol. The van der Waals surface area contributed by atoms with Crippen molar-refractivity contribution < 1.29 is 4.74 Å². The molecule has 0 aliphatic heterocycles. The molecule has 72 valence electrons. The van der Waals surface area contributed by atoms with Crippen LogP contribution in [0.1, 0.15) is 24.0 Å². The minimum atomic E-state index is 0.443. The van der Waals surface area contributed by atoms with Crippen LogP contribution >= 0.6 is 12.6 Å². The van der Waals surface area contributed by atoms with Gasteiger partial charge in [0.25, 0.3) is 0 Å². The fourth-order valence-electron chi connectivity index (χ4n) is 1.32. The molecule has 1 rings (SSSR count). The summed E-state index contributed by atoms with van der Waals surface area (Å²) < 4.78 is 5.32. The van der Waals surface area contributed by atoms with E-state index in [9.17, 15) is 0 Å². The molecule has 1 nitrogen and oxygen atoms in total. The van der Waals surface area contributed by atoms with Crippen molar-refractivity contribution in [2.45, 2.75) is 19.8 Å². The van der Waals surface area contributed by atoms with Gasteiger partial charge in [-0.15, -0.1) is 0 Å². The van der Waals surface area contributed by atoms with E-state index in [0.29, 0.717) is 5.92 Å². The highest BCUT2D eigenvalue weighted by molar-refractivity contribution is 7.80. The summed E-state index contributed by atoms with van der Waals surface area (Å²) in [6.45, 7) is 4.22. The summed E-state index contributed by atoms with van der Waals surface area (Å²) in [4.78, 5) is 0. The number of methoxy groups -OCH3 is 1. The summed E-state index contributed by atoms with van der Waals surface area (Å²) in [7, 11) is 1.71. The van der Waals surface area contributed by atoms with Gasteiger partial charge in [-0.1, -0.05) is 19.1 Å². The number of thiol groups is 1. The van der Waals surface area contributed by atoms with Gasteiger partial charge in [0, 0.05) is 0 Å². The molecule has 0 saturated heterocycles. The van der Waals surface area contributed by atoms with E-state index >= 15 is 0 Å². The highest BCUT2D eigenvalue weighted by atomic mass is 32.1. The Balaban J connectivity index is 3.05. The molecule has 1 aromatic carbocycles. The molecule has 0 bridgehead atoms. The molecule has 0 aliphatic rings. The van der Waals surface area contributed by atoms with Crippen LogP contribution in [-0.4, -0.2) is 12.9 Å². The number of aryl methyl sites for hydroxylation is 1. The summed E-state index contributed by atoms with van der Waals surface area (Å²) in [6.07, 6.45) is 0. The lowest BCUT2D eigenvalue weighted by molar-refractivity contribution is 0.407. The Labute approximate surface area is 85.5 Å². The van der Waals surface area contributed by atoms with E-state index in [2.05, 4.69) is 44.7 Å². The van der Waals surface area contributed by atoms with E-state index < -0.39 is 0 Å². The molecule has 0 N–H and O–H groups in total. The van der Waals surface area contributed by atoms with Gasteiger partial charge in [0.15, 0.2) is 0 Å². The quantitative estimate of drug-likeness (QED) is 0.731. The average molecular weight is 196 g/mol. The number of benzene rings is 1. The smallest absolute Gasteiger partial charge is 0.122 e. The van der Waals surface area contributed by atoms with Crippen LogP contribution < -0.4 is 4.74 Å². The Morgan fingerprint density at radius 2 is 2.15 bits per heavy atom. The van der Waals surface area contributed by atoms with Gasteiger partial charge < -0.3 is 4.74 Å². The Bertz CT molecular complexity index is 283. The molecule has 0 spiro atoms. The zero-order chi connectivity index (χ0) is 9.84. The Kier molecular flexibility index (Phi) is 3.67. The maximum absolute atomic E-state index is 5.32. The maximum Gasteiger partial charge on any atom is 0.122 e. The van der Waals surface area contributed by atoms with Crippen molar-refractivity contribution >= 4 is 12.6 Å². The second-order valence-corrected chi connectivity index (χ2v) is 3.69. The largest absolute Gasteiger partial charge is 0.496 e. The van der Waals surface area contributed by atoms with Gasteiger partial charge in [-0.2, -0.15) is 12.6 Å². The van der Waals surface area contributed by atoms with E-state index in [0.717, 1.165) is 11.5 Å². The third kappa shape index (κ3) is 2.41. The maximum atomic E-state index is 5.32. The van der Waals surface area contributed by atoms with Gasteiger partial charge in [0.1, 0.15) is 5.75 Å². The van der Waals surface area contributed by atoms with Crippen molar-refractivity contribution in [3.8, 4) is 5.75 Å². The van der Waals surface area contributed by atoms with E-state index in [4.69, 9.17) is 4.74 Å². The molecular weight excluding hydrogens is 180 g/mol. The van der Waals surface area contributed by atoms with Crippen LogP contribution in [0.5, 0.6) is 5.75 Å². The van der Waals surface area contributed by atoms with Crippen molar-refractivity contribution in [2.75, 3.05) is 12.9 Å². The lowest BCUT2D eigenvalue weighted by atomic mass is 10.0. The first-order valence-corrected chi connectivity index (χ1v) is 5.07. The summed E-state index contributed by atoms with van der Waals surface area (Å²) in [5.41, 5.74) is 2.47. The molecule has 1 unspecified atom stereocenters. The summed E-state index contributed by atoms with van der Waals surface area (Å²) >= 11 is 4.28. The number of hydrogen-bond acceptors (Lipinski definition) is 2. The second kappa shape index (κ2) is 4.56. The van der Waals surface area contributed by atoms with Crippen LogP contribution in [0, 0.1) is 6.92 Å². The van der Waals surface area contributed by atoms with Crippen LogP contribution in [-0.2, 0) is 0 Å². The molecule has 0 aliphatic carbocycles. The lowest BCUT2D eigenvalue weighted by Crippen LogP contribution is -1.99. The third-order valence-corrected chi connectivity index (χ3v) is 2.74. The normalized spacial score (nSPS) is 12.6. The second-order valence-electron chi connectivity index (χ2n) is 3.33. The van der Waals surface area contributed by atoms with E-state index in [1.54, 1.807) is 7.11 Å². The zero-order valence-corrected chi connectivity index (χ0v) is 9.27. The van der Waals surface area contributed by atoms with Crippen LogP contribution in [0.15, 0.2) is 18.2 Å². The van der Waals surface area contributed by atoms with Gasteiger partial charge in [-0.25, -0.2) is 0 Å². The minimum absolute atomic E-state index is 0.443. The zero-order valence-electron chi connectivity index (χ0n) is 8.37. The Morgan fingerprint density at radius 1 is 1.46 bits per heavy atom. The topological polar surface area (TPSA) is 9.23 Å². The number of rotatable bonds is 3. The van der Waals surface area contributed by atoms with Crippen molar-refractivity contribution in [3.63, 3.8) is 0 Å². The molecule has 0 saturated carbocycles. The lowest BCUT2D eigenvalue weighted by Gasteiger charge is -2.13. The van der Waals surface area contributed by atoms with Crippen LogP contribution in [0.4, 0.5) is 0 Å². The van der Waals surface area contributed by atoms with Gasteiger partial charge >= 0.3 is 0 Å². The molecule has 0 radical (unpaired) electrons. The van der Waals surface area contributed by atoms with Crippen molar-refractivity contribution in [1.29, 1.82) is 0 Å².